The fraction of sp³-hybridized carbons (Fsp3) is 0.250. The molecule has 0 saturated heterocycles. The van der Waals surface area contributed by atoms with E-state index in [1.807, 2.05) is 38.1 Å². The van der Waals surface area contributed by atoms with Crippen molar-refractivity contribution >= 4 is 11.6 Å². The van der Waals surface area contributed by atoms with E-state index in [1.54, 1.807) is 18.3 Å². The maximum Gasteiger partial charge on any atom is 0.226 e. The molecule has 1 amide bonds. The van der Waals surface area contributed by atoms with Crippen molar-refractivity contribution in [3.8, 4) is 0 Å². The van der Waals surface area contributed by atoms with Crippen molar-refractivity contribution < 1.29 is 4.79 Å². The molecule has 1 aromatic carbocycles. The van der Waals surface area contributed by atoms with E-state index in [2.05, 4.69) is 10.3 Å². The molecule has 1 heterocycles. The maximum absolute atomic E-state index is 12.0. The maximum atomic E-state index is 12.0. The Balaban J connectivity index is 1.98. The Kier molecular flexibility index (Phi) is 4.35. The number of hydrogen-bond acceptors (Lipinski definition) is 3. The van der Waals surface area contributed by atoms with Crippen LogP contribution >= 0.6 is 0 Å². The number of nitrogens with one attached hydrogen (secondary N) is 1. The summed E-state index contributed by atoms with van der Waals surface area (Å²) < 4.78 is 0. The predicted octanol–water partition coefficient (Wildman–Crippen LogP) is 2.39. The van der Waals surface area contributed by atoms with E-state index < -0.39 is 0 Å². The molecule has 20 heavy (non-hydrogen) atoms. The van der Waals surface area contributed by atoms with Crippen LogP contribution in [0.1, 0.15) is 29.8 Å². The molecule has 0 radical (unpaired) electrons. The largest absolute Gasteiger partial charge is 0.397 e. The van der Waals surface area contributed by atoms with Gasteiger partial charge >= 0.3 is 0 Å². The predicted molar refractivity (Wildman–Crippen MR) is 80.1 cm³/mol. The lowest BCUT2D eigenvalue weighted by atomic mass is 10.0. The van der Waals surface area contributed by atoms with E-state index in [1.165, 1.54) is 5.56 Å². The summed E-state index contributed by atoms with van der Waals surface area (Å²) in [4.78, 5) is 16.1. The van der Waals surface area contributed by atoms with Crippen LogP contribution in [0.15, 0.2) is 42.6 Å². The summed E-state index contributed by atoms with van der Waals surface area (Å²) in [6.07, 6.45) is 1.82. The normalized spacial score (nSPS) is 11.9. The number of nitrogens with two attached hydrogens (primary N) is 1. The Bertz CT molecular complexity index is 593. The van der Waals surface area contributed by atoms with Crippen molar-refractivity contribution in [1.82, 2.24) is 10.3 Å². The number of aryl methyl sites for hydroxylation is 1. The van der Waals surface area contributed by atoms with Crippen LogP contribution < -0.4 is 11.1 Å². The first-order valence-electron chi connectivity index (χ1n) is 6.61. The molecule has 4 heteroatoms. The Hall–Kier alpha value is -2.36. The van der Waals surface area contributed by atoms with Gasteiger partial charge in [0.25, 0.3) is 0 Å². The first kappa shape index (κ1) is 14.1. The molecule has 0 bridgehead atoms. The summed E-state index contributed by atoms with van der Waals surface area (Å²) in [6.45, 7) is 4.02. The Morgan fingerprint density at radius 1 is 1.30 bits per heavy atom. The van der Waals surface area contributed by atoms with Gasteiger partial charge in [-0.05, 0) is 37.1 Å². The van der Waals surface area contributed by atoms with Crippen LogP contribution in [0.3, 0.4) is 0 Å². The van der Waals surface area contributed by atoms with Crippen molar-refractivity contribution in [1.29, 1.82) is 0 Å². The number of nitrogen functional groups attached to an aromatic ring is 1. The molecule has 0 aliphatic heterocycles. The fourth-order valence-electron chi connectivity index (χ4n) is 2.15. The van der Waals surface area contributed by atoms with Crippen molar-refractivity contribution in [3.63, 3.8) is 0 Å². The smallest absolute Gasteiger partial charge is 0.226 e. The second-order valence-corrected chi connectivity index (χ2v) is 4.91. The lowest BCUT2D eigenvalue weighted by molar-refractivity contribution is -0.121. The summed E-state index contributed by atoms with van der Waals surface area (Å²) in [5, 5.41) is 2.99. The molecule has 4 nitrogen and oxygen atoms in total. The second-order valence-electron chi connectivity index (χ2n) is 4.91. The third-order valence-electron chi connectivity index (χ3n) is 3.22. The number of anilines is 1. The summed E-state index contributed by atoms with van der Waals surface area (Å²) in [5.74, 6) is -0.0435. The number of carbonyl (C=O) groups is 1. The molecule has 0 saturated carbocycles. The van der Waals surface area contributed by atoms with Crippen molar-refractivity contribution in [3.05, 3.63) is 59.4 Å². The van der Waals surface area contributed by atoms with Gasteiger partial charge in [0, 0.05) is 5.69 Å². The molecule has 2 rings (SSSR count). The van der Waals surface area contributed by atoms with Gasteiger partial charge < -0.3 is 11.1 Å². The minimum absolute atomic E-state index is 0.0162. The van der Waals surface area contributed by atoms with Crippen LogP contribution in [-0.4, -0.2) is 10.9 Å². The number of amides is 1. The number of nitrogens with zero attached hydrogens (tertiary/aromatic N) is 1. The minimum Gasteiger partial charge on any atom is -0.397 e. The topological polar surface area (TPSA) is 68.0 Å². The van der Waals surface area contributed by atoms with Crippen LogP contribution in [0.2, 0.25) is 0 Å². The van der Waals surface area contributed by atoms with Gasteiger partial charge in [0.1, 0.15) is 0 Å². The molecule has 104 valence electrons. The molecule has 0 unspecified atom stereocenters. The fourth-order valence-corrected chi connectivity index (χ4v) is 2.15. The van der Waals surface area contributed by atoms with Crippen molar-refractivity contribution in [2.24, 2.45) is 0 Å². The molecule has 0 aliphatic carbocycles. The van der Waals surface area contributed by atoms with Gasteiger partial charge in [-0.3, -0.25) is 9.78 Å². The van der Waals surface area contributed by atoms with Crippen LogP contribution in [0.25, 0.3) is 0 Å². The lowest BCUT2D eigenvalue weighted by Crippen LogP contribution is -2.28. The zero-order chi connectivity index (χ0) is 14.5. The van der Waals surface area contributed by atoms with E-state index in [0.29, 0.717) is 11.4 Å². The third kappa shape index (κ3) is 3.57. The van der Waals surface area contributed by atoms with Crippen LogP contribution in [0.4, 0.5) is 5.69 Å². The first-order valence-corrected chi connectivity index (χ1v) is 6.61. The van der Waals surface area contributed by atoms with E-state index in [0.717, 1.165) is 5.56 Å². The second kappa shape index (κ2) is 6.19. The highest BCUT2D eigenvalue weighted by Gasteiger charge is 2.12. The van der Waals surface area contributed by atoms with Crippen LogP contribution in [0.5, 0.6) is 0 Å². The highest BCUT2D eigenvalue weighted by molar-refractivity contribution is 5.78. The van der Waals surface area contributed by atoms with Gasteiger partial charge in [-0.25, -0.2) is 0 Å². The average molecular weight is 269 g/mol. The molecule has 0 aliphatic rings. The van der Waals surface area contributed by atoms with Crippen LogP contribution in [0, 0.1) is 6.92 Å². The number of pyridine rings is 1. The highest BCUT2D eigenvalue weighted by atomic mass is 16.1. The quantitative estimate of drug-likeness (QED) is 0.895. The zero-order valence-electron chi connectivity index (χ0n) is 11.8. The van der Waals surface area contributed by atoms with Gasteiger partial charge in [0.05, 0.1) is 24.3 Å². The Morgan fingerprint density at radius 2 is 2.05 bits per heavy atom. The molecule has 1 atom stereocenters. The summed E-state index contributed by atoms with van der Waals surface area (Å²) >= 11 is 0. The van der Waals surface area contributed by atoms with Gasteiger partial charge in [0.15, 0.2) is 0 Å². The van der Waals surface area contributed by atoms with Gasteiger partial charge in [-0.1, -0.05) is 24.3 Å². The third-order valence-corrected chi connectivity index (χ3v) is 3.22. The van der Waals surface area contributed by atoms with Gasteiger partial charge in [-0.2, -0.15) is 0 Å². The van der Waals surface area contributed by atoms with Gasteiger partial charge in [0.2, 0.25) is 5.91 Å². The summed E-state index contributed by atoms with van der Waals surface area (Å²) in [5.41, 5.74) is 9.19. The summed E-state index contributed by atoms with van der Waals surface area (Å²) in [7, 11) is 0. The van der Waals surface area contributed by atoms with Crippen LogP contribution in [-0.2, 0) is 11.2 Å². The Labute approximate surface area is 119 Å². The molecule has 1 aromatic heterocycles. The number of hydrogen-bond donors (Lipinski definition) is 2. The SMILES string of the molecule is Cc1ccccc1[C@@H](C)NC(=O)Cc1ccc(N)cn1. The van der Waals surface area contributed by atoms with Crippen molar-refractivity contribution in [2.45, 2.75) is 26.3 Å². The standard InChI is InChI=1S/C16H19N3O/c1-11-5-3-4-6-15(11)12(2)19-16(20)9-14-8-7-13(17)10-18-14/h3-8,10,12H,9,17H2,1-2H3,(H,19,20)/t12-/m1/s1. The first-order chi connectivity index (χ1) is 9.56. The lowest BCUT2D eigenvalue weighted by Gasteiger charge is -2.16. The molecule has 0 spiro atoms. The minimum atomic E-state index is -0.0435. The number of rotatable bonds is 4. The Morgan fingerprint density at radius 3 is 2.70 bits per heavy atom. The molecule has 3 N–H and O–H groups in total. The van der Waals surface area contributed by atoms with E-state index in [4.69, 9.17) is 5.73 Å². The summed E-state index contributed by atoms with van der Waals surface area (Å²) in [6, 6.07) is 11.5. The number of benzene rings is 1. The highest BCUT2D eigenvalue weighted by Crippen LogP contribution is 2.16. The zero-order valence-corrected chi connectivity index (χ0v) is 11.8. The number of carbonyl (C=O) groups excluding carboxylic acids is 1. The molecular formula is C16H19N3O. The molecule has 0 fully saturated rings. The van der Waals surface area contributed by atoms with Crippen molar-refractivity contribution in [2.75, 3.05) is 5.73 Å². The monoisotopic (exact) mass is 269 g/mol. The van der Waals surface area contributed by atoms with E-state index >= 15 is 0 Å². The van der Waals surface area contributed by atoms with Gasteiger partial charge in [-0.15, -0.1) is 0 Å². The molecular weight excluding hydrogens is 250 g/mol. The van der Waals surface area contributed by atoms with E-state index in [9.17, 15) is 4.79 Å². The average Bonchev–Trinajstić information content (AvgIpc) is 2.41. The van der Waals surface area contributed by atoms with E-state index in [-0.39, 0.29) is 18.4 Å². The number of aromatic nitrogens is 1. The molecule has 2 aromatic rings.